The van der Waals surface area contributed by atoms with E-state index in [0.29, 0.717) is 0 Å². The van der Waals surface area contributed by atoms with Crippen molar-refractivity contribution in [2.45, 2.75) is 0 Å². The van der Waals surface area contributed by atoms with E-state index in [1.165, 1.54) is 49.1 Å². The molecule has 7 aromatic carbocycles. The average Bonchev–Trinajstić information content (AvgIpc) is 2.98. The fourth-order valence-corrected chi connectivity index (χ4v) is 5.46. The summed E-state index contributed by atoms with van der Waals surface area (Å²) >= 11 is 0. The molecule has 0 aromatic heterocycles. The lowest BCUT2D eigenvalue weighted by Crippen LogP contribution is -2.10. The number of rotatable bonds is 4. The molecule has 176 valence electrons. The van der Waals surface area contributed by atoms with Gasteiger partial charge < -0.3 is 4.90 Å². The molecule has 7 aromatic rings. The van der Waals surface area contributed by atoms with Crippen molar-refractivity contribution in [1.29, 1.82) is 0 Å². The molecule has 38 heavy (non-hydrogen) atoms. The number of hydrogen-bond donors (Lipinski definition) is 0. The predicted molar refractivity (Wildman–Crippen MR) is 164 cm³/mol. The minimum absolute atomic E-state index is 0.782. The molecule has 0 aliphatic rings. The van der Waals surface area contributed by atoms with Crippen molar-refractivity contribution in [2.24, 2.45) is 0 Å². The minimum atomic E-state index is 0.782. The van der Waals surface area contributed by atoms with Crippen LogP contribution in [0.25, 0.3) is 43.4 Å². The van der Waals surface area contributed by atoms with E-state index < -0.39 is 0 Å². The highest BCUT2D eigenvalue weighted by molar-refractivity contribution is 6.32. The van der Waals surface area contributed by atoms with Gasteiger partial charge in [-0.3, -0.25) is 0 Å². The molecule has 0 unspecified atom stereocenters. The van der Waals surface area contributed by atoms with Crippen molar-refractivity contribution >= 4 is 62.7 Å². The molecular weight excluding hydrogens is 457 g/mol. The Balaban J connectivity index is 1.38. The monoisotopic (exact) mass is 481 g/mol. The fourth-order valence-electron chi connectivity index (χ4n) is 5.46. The van der Waals surface area contributed by atoms with Gasteiger partial charge in [0.2, 0.25) is 0 Å². The van der Waals surface area contributed by atoms with Crippen LogP contribution in [-0.4, -0.2) is 7.85 Å². The Kier molecular flexibility index (Phi) is 5.45. The van der Waals surface area contributed by atoms with Crippen molar-refractivity contribution in [2.75, 3.05) is 4.90 Å². The summed E-state index contributed by atoms with van der Waals surface area (Å²) in [4.78, 5) is 2.36. The van der Waals surface area contributed by atoms with Gasteiger partial charge in [0.25, 0.3) is 0 Å². The van der Waals surface area contributed by atoms with Crippen molar-refractivity contribution in [3.05, 3.63) is 146 Å². The molecule has 0 N–H and O–H groups in total. The summed E-state index contributed by atoms with van der Waals surface area (Å²) in [6, 6.07) is 51.7. The van der Waals surface area contributed by atoms with Gasteiger partial charge in [0.05, 0.1) is 5.69 Å². The maximum atomic E-state index is 5.89. The van der Waals surface area contributed by atoms with Gasteiger partial charge in [0.15, 0.2) is 0 Å². The molecule has 0 saturated heterocycles. The van der Waals surface area contributed by atoms with Gasteiger partial charge >= 0.3 is 0 Å². The molecule has 2 radical (unpaired) electrons. The molecule has 0 amide bonds. The van der Waals surface area contributed by atoms with Crippen molar-refractivity contribution in [3.63, 3.8) is 0 Å². The number of anilines is 3. The summed E-state index contributed by atoms with van der Waals surface area (Å²) in [6.45, 7) is 0. The second-order valence-electron chi connectivity index (χ2n) is 9.70. The molecule has 7 rings (SSSR count). The second kappa shape index (κ2) is 9.25. The lowest BCUT2D eigenvalue weighted by atomic mass is 9.92. The van der Waals surface area contributed by atoms with Crippen LogP contribution in [0, 0.1) is 0 Å². The van der Waals surface area contributed by atoms with Crippen LogP contribution >= 0.6 is 0 Å². The summed E-state index contributed by atoms with van der Waals surface area (Å²) in [5.41, 5.74) is 6.59. The zero-order chi connectivity index (χ0) is 25.5. The van der Waals surface area contributed by atoms with E-state index in [2.05, 4.69) is 138 Å². The lowest BCUT2D eigenvalue weighted by molar-refractivity contribution is 1.30. The van der Waals surface area contributed by atoms with E-state index >= 15 is 0 Å². The number of fused-ring (bicyclic) bond motifs is 4. The molecular formula is C36H24BN. The Morgan fingerprint density at radius 3 is 1.87 bits per heavy atom. The third kappa shape index (κ3) is 3.92. The largest absolute Gasteiger partial charge is 0.310 e. The molecule has 0 bridgehead atoms. The first-order valence-electron chi connectivity index (χ1n) is 12.9. The highest BCUT2D eigenvalue weighted by atomic mass is 15.1. The molecule has 0 atom stereocenters. The third-order valence-corrected chi connectivity index (χ3v) is 7.34. The lowest BCUT2D eigenvalue weighted by Gasteiger charge is -2.27. The van der Waals surface area contributed by atoms with Crippen LogP contribution in [0.5, 0.6) is 0 Å². The maximum absolute atomic E-state index is 5.89. The van der Waals surface area contributed by atoms with Crippen LogP contribution in [0.1, 0.15) is 0 Å². The Bertz CT molecular complexity index is 1920. The molecule has 0 heterocycles. The van der Waals surface area contributed by atoms with E-state index in [1.807, 2.05) is 12.1 Å². The minimum Gasteiger partial charge on any atom is -0.310 e. The summed E-state index contributed by atoms with van der Waals surface area (Å²) in [7, 11) is 5.89. The molecule has 0 saturated carbocycles. The first-order valence-corrected chi connectivity index (χ1v) is 12.9. The van der Waals surface area contributed by atoms with Gasteiger partial charge in [-0.2, -0.15) is 0 Å². The van der Waals surface area contributed by atoms with Gasteiger partial charge in [0, 0.05) is 16.8 Å². The molecule has 1 nitrogen and oxygen atoms in total. The van der Waals surface area contributed by atoms with E-state index in [1.54, 1.807) is 0 Å². The number of benzene rings is 7. The normalized spacial score (nSPS) is 11.3. The second-order valence-corrected chi connectivity index (χ2v) is 9.70. The third-order valence-electron chi connectivity index (χ3n) is 7.34. The van der Waals surface area contributed by atoms with Gasteiger partial charge in [-0.25, -0.2) is 0 Å². The summed E-state index contributed by atoms with van der Waals surface area (Å²) in [5, 5.41) is 7.41. The van der Waals surface area contributed by atoms with Gasteiger partial charge in [-0.15, -0.1) is 0 Å². The first-order chi connectivity index (χ1) is 18.7. The number of para-hydroxylation sites is 1. The number of nitrogens with zero attached hydrogens (tertiary/aromatic N) is 1. The SMILES string of the molecule is [B]c1ccc(-c2ccc3c(ccc4cc(N(c5ccccc5)c5cccc6ccccc56)ccc43)c2)cc1. The van der Waals surface area contributed by atoms with E-state index in [-0.39, 0.29) is 0 Å². The maximum Gasteiger partial charge on any atom is 0.113 e. The van der Waals surface area contributed by atoms with Crippen molar-refractivity contribution in [1.82, 2.24) is 0 Å². The highest BCUT2D eigenvalue weighted by Crippen LogP contribution is 2.40. The van der Waals surface area contributed by atoms with Gasteiger partial charge in [-0.1, -0.05) is 115 Å². The Morgan fingerprint density at radius 1 is 0.395 bits per heavy atom. The Labute approximate surface area is 224 Å². The van der Waals surface area contributed by atoms with E-state index in [0.717, 1.165) is 16.8 Å². The van der Waals surface area contributed by atoms with Crippen LogP contribution < -0.4 is 10.4 Å². The zero-order valence-corrected chi connectivity index (χ0v) is 20.9. The van der Waals surface area contributed by atoms with Crippen molar-refractivity contribution < 1.29 is 0 Å². The van der Waals surface area contributed by atoms with Crippen LogP contribution in [0.2, 0.25) is 0 Å². The topological polar surface area (TPSA) is 3.24 Å². The van der Waals surface area contributed by atoms with Crippen LogP contribution in [0.4, 0.5) is 17.1 Å². The summed E-state index contributed by atoms with van der Waals surface area (Å²) < 4.78 is 0. The predicted octanol–water partition coefficient (Wildman–Crippen LogP) is 9.08. The molecule has 0 fully saturated rings. The first kappa shape index (κ1) is 22.4. The quantitative estimate of drug-likeness (QED) is 0.179. The smallest absolute Gasteiger partial charge is 0.113 e. The zero-order valence-electron chi connectivity index (χ0n) is 20.9. The highest BCUT2D eigenvalue weighted by Gasteiger charge is 2.16. The number of hydrogen-bond acceptors (Lipinski definition) is 1. The Morgan fingerprint density at radius 2 is 1.05 bits per heavy atom. The van der Waals surface area contributed by atoms with Crippen LogP contribution in [0.3, 0.4) is 0 Å². The van der Waals surface area contributed by atoms with Crippen LogP contribution in [0.15, 0.2) is 146 Å². The van der Waals surface area contributed by atoms with E-state index in [9.17, 15) is 0 Å². The molecule has 0 aliphatic heterocycles. The molecule has 2 heteroatoms. The molecule has 0 spiro atoms. The Hall–Kier alpha value is -4.82. The van der Waals surface area contributed by atoms with Crippen LogP contribution in [-0.2, 0) is 0 Å². The van der Waals surface area contributed by atoms with E-state index in [4.69, 9.17) is 7.85 Å². The summed E-state index contributed by atoms with van der Waals surface area (Å²) in [5.74, 6) is 0. The standard InChI is InChI=1S/C36H24BN/c37-30-18-15-25(16-19-30)27-17-21-33-28(23-27)13-14-29-24-32(20-22-34(29)33)38(31-9-2-1-3-10-31)36-12-6-8-26-7-4-5-11-35(26)36/h1-24H. The molecule has 0 aliphatic carbocycles. The summed E-state index contributed by atoms with van der Waals surface area (Å²) in [6.07, 6.45) is 0. The van der Waals surface area contributed by atoms with Gasteiger partial charge in [-0.05, 0) is 74.5 Å². The fraction of sp³-hybridized carbons (Fsp3) is 0. The average molecular weight is 481 g/mol. The van der Waals surface area contributed by atoms with Gasteiger partial charge in [0.1, 0.15) is 7.85 Å². The van der Waals surface area contributed by atoms with Crippen molar-refractivity contribution in [3.8, 4) is 11.1 Å².